The van der Waals surface area contributed by atoms with Gasteiger partial charge in [0.1, 0.15) is 23.9 Å². The molecule has 0 radical (unpaired) electrons. The quantitative estimate of drug-likeness (QED) is 0.487. The Balaban J connectivity index is 1.75. The summed E-state index contributed by atoms with van der Waals surface area (Å²) in [7, 11) is 0. The molecule has 3 aromatic rings. The normalized spacial score (nSPS) is 33.2. The molecule has 5 atom stereocenters. The Hall–Kier alpha value is -1.51. The molecule has 0 saturated carbocycles. The van der Waals surface area contributed by atoms with Crippen molar-refractivity contribution < 1.29 is 25.2 Å². The molecule has 0 bridgehead atoms. The molecule has 0 aliphatic carbocycles. The summed E-state index contributed by atoms with van der Waals surface area (Å²) in [6.07, 6.45) is -3.82. The zero-order valence-corrected chi connectivity index (χ0v) is 16.5. The van der Waals surface area contributed by atoms with Crippen LogP contribution < -0.4 is 0 Å². The number of aliphatic hydroxyl groups excluding tert-OH is 2. The fourth-order valence-corrected chi connectivity index (χ4v) is 5.21. The van der Waals surface area contributed by atoms with Crippen LogP contribution in [0.2, 0.25) is 0 Å². The highest BCUT2D eigenvalue weighted by molar-refractivity contribution is 7.19. The molecule has 1 saturated heterocycles. The zero-order chi connectivity index (χ0) is 19.9. The summed E-state index contributed by atoms with van der Waals surface area (Å²) in [5.74, 6) is 0. The van der Waals surface area contributed by atoms with Gasteiger partial charge in [-0.2, -0.15) is 0 Å². The molecule has 7 heteroatoms. The molecular formula is C21H21ClO5S. The van der Waals surface area contributed by atoms with Gasteiger partial charge in [-0.1, -0.05) is 60.1 Å². The molecule has 28 heavy (non-hydrogen) atoms. The van der Waals surface area contributed by atoms with E-state index in [1.807, 2.05) is 36.4 Å². The van der Waals surface area contributed by atoms with Crippen LogP contribution in [0.25, 0.3) is 10.1 Å². The number of rotatable bonds is 4. The summed E-state index contributed by atoms with van der Waals surface area (Å²) in [5.41, 5.74) is -1.52. The lowest BCUT2D eigenvalue weighted by atomic mass is 9.76. The Morgan fingerprint density at radius 2 is 1.71 bits per heavy atom. The van der Waals surface area contributed by atoms with Gasteiger partial charge in [0.05, 0.1) is 6.61 Å². The van der Waals surface area contributed by atoms with E-state index in [0.29, 0.717) is 5.56 Å². The molecule has 5 nitrogen and oxygen atoms in total. The highest BCUT2D eigenvalue weighted by atomic mass is 35.5. The molecule has 2 heterocycles. The molecular weight excluding hydrogens is 400 g/mol. The van der Waals surface area contributed by atoms with E-state index in [1.54, 1.807) is 24.3 Å². The maximum Gasteiger partial charge on any atom is 0.199 e. The third-order valence-electron chi connectivity index (χ3n) is 5.34. The maximum atomic E-state index is 11.5. The van der Waals surface area contributed by atoms with Crippen LogP contribution in [0.5, 0.6) is 0 Å². The topological polar surface area (TPSA) is 90.2 Å². The van der Waals surface area contributed by atoms with Crippen molar-refractivity contribution in [3.8, 4) is 0 Å². The SMILES string of the molecule is OC[C@H]1O[C@@H](c2ccccc2)[C@H](O)[C@](O)(Cc2cc3ccccc3s2)[C@@]1(O)Cl. The van der Waals surface area contributed by atoms with Gasteiger partial charge in [-0.3, -0.25) is 0 Å². The largest absolute Gasteiger partial charge is 0.394 e. The summed E-state index contributed by atoms with van der Waals surface area (Å²) < 4.78 is 6.73. The number of thiophene rings is 1. The molecule has 1 aromatic heterocycles. The molecule has 4 N–H and O–H groups in total. The molecule has 2 aromatic carbocycles. The van der Waals surface area contributed by atoms with E-state index in [9.17, 15) is 20.4 Å². The van der Waals surface area contributed by atoms with Gasteiger partial charge >= 0.3 is 0 Å². The smallest absolute Gasteiger partial charge is 0.199 e. The summed E-state index contributed by atoms with van der Waals surface area (Å²) in [6.45, 7) is -0.606. The van der Waals surface area contributed by atoms with Gasteiger partial charge in [-0.05, 0) is 23.1 Å². The van der Waals surface area contributed by atoms with Crippen molar-refractivity contribution in [2.75, 3.05) is 6.61 Å². The molecule has 1 aliphatic rings. The lowest BCUT2D eigenvalue weighted by Gasteiger charge is -2.52. The van der Waals surface area contributed by atoms with Gasteiger partial charge in [0.25, 0.3) is 0 Å². The first-order valence-electron chi connectivity index (χ1n) is 8.97. The van der Waals surface area contributed by atoms with E-state index in [-0.39, 0.29) is 6.42 Å². The Labute approximate surface area is 171 Å². The summed E-state index contributed by atoms with van der Waals surface area (Å²) in [4.78, 5) is 0.757. The highest BCUT2D eigenvalue weighted by Crippen LogP contribution is 2.48. The van der Waals surface area contributed by atoms with Gasteiger partial charge in [0, 0.05) is 16.0 Å². The summed E-state index contributed by atoms with van der Waals surface area (Å²) in [5, 5.41) is 41.8. The van der Waals surface area contributed by atoms with Crippen LogP contribution in [0.4, 0.5) is 0 Å². The van der Waals surface area contributed by atoms with Crippen molar-refractivity contribution in [2.45, 2.75) is 35.4 Å². The van der Waals surface area contributed by atoms with Crippen molar-refractivity contribution in [1.29, 1.82) is 0 Å². The van der Waals surface area contributed by atoms with E-state index in [1.165, 1.54) is 11.3 Å². The van der Waals surface area contributed by atoms with Crippen molar-refractivity contribution in [3.05, 3.63) is 71.1 Å². The summed E-state index contributed by atoms with van der Waals surface area (Å²) >= 11 is 7.76. The monoisotopic (exact) mass is 420 g/mol. The van der Waals surface area contributed by atoms with Crippen molar-refractivity contribution in [3.63, 3.8) is 0 Å². The molecule has 4 rings (SSSR count). The minimum Gasteiger partial charge on any atom is -0.394 e. The van der Waals surface area contributed by atoms with Crippen LogP contribution in [0.3, 0.4) is 0 Å². The van der Waals surface area contributed by atoms with E-state index in [4.69, 9.17) is 16.3 Å². The first-order valence-corrected chi connectivity index (χ1v) is 10.2. The van der Waals surface area contributed by atoms with Crippen LogP contribution in [-0.2, 0) is 11.2 Å². The van der Waals surface area contributed by atoms with Gasteiger partial charge in [0.2, 0.25) is 0 Å². The second kappa shape index (κ2) is 7.39. The van der Waals surface area contributed by atoms with Crippen molar-refractivity contribution in [2.24, 2.45) is 0 Å². The number of fused-ring (bicyclic) bond motifs is 1. The second-order valence-electron chi connectivity index (χ2n) is 7.11. The van der Waals surface area contributed by atoms with Crippen LogP contribution >= 0.6 is 22.9 Å². The third kappa shape index (κ3) is 3.15. The molecule has 1 aliphatic heterocycles. The second-order valence-corrected chi connectivity index (χ2v) is 8.85. The third-order valence-corrected chi connectivity index (χ3v) is 7.02. The van der Waals surface area contributed by atoms with Crippen LogP contribution in [-0.4, -0.2) is 49.9 Å². The Morgan fingerprint density at radius 3 is 2.39 bits per heavy atom. The number of hydrogen-bond acceptors (Lipinski definition) is 6. The fourth-order valence-electron chi connectivity index (χ4n) is 3.76. The first-order chi connectivity index (χ1) is 13.4. The van der Waals surface area contributed by atoms with Crippen LogP contribution in [0, 0.1) is 0 Å². The lowest BCUT2D eigenvalue weighted by Crippen LogP contribution is -2.71. The van der Waals surface area contributed by atoms with Crippen molar-refractivity contribution >= 4 is 33.0 Å². The predicted molar refractivity (Wildman–Crippen MR) is 108 cm³/mol. The lowest BCUT2D eigenvalue weighted by molar-refractivity contribution is -0.293. The number of ether oxygens (including phenoxy) is 1. The van der Waals surface area contributed by atoms with E-state index in [2.05, 4.69) is 0 Å². The number of alkyl halides is 1. The van der Waals surface area contributed by atoms with Crippen LogP contribution in [0.1, 0.15) is 16.5 Å². The van der Waals surface area contributed by atoms with Gasteiger partial charge in [0.15, 0.2) is 5.06 Å². The summed E-state index contributed by atoms with van der Waals surface area (Å²) in [6, 6.07) is 18.6. The minimum absolute atomic E-state index is 0.0866. The predicted octanol–water partition coefficient (Wildman–Crippen LogP) is 2.60. The van der Waals surface area contributed by atoms with Crippen molar-refractivity contribution in [1.82, 2.24) is 0 Å². The van der Waals surface area contributed by atoms with E-state index < -0.39 is 35.6 Å². The number of halogens is 1. The van der Waals surface area contributed by atoms with Gasteiger partial charge in [-0.15, -0.1) is 11.3 Å². The standard InChI is InChI=1S/C21H21ClO5S/c22-21(26)17(12-23)27-18(13-6-2-1-3-7-13)19(24)20(21,25)11-15-10-14-8-4-5-9-16(14)28-15/h1-10,17-19,23-26H,11-12H2/t17-,18+,19+,20-,21-/m1/s1. The molecule has 0 spiro atoms. The molecule has 1 fully saturated rings. The molecule has 0 unspecified atom stereocenters. The zero-order valence-electron chi connectivity index (χ0n) is 14.9. The minimum atomic E-state index is -2.37. The first kappa shape index (κ1) is 19.8. The van der Waals surface area contributed by atoms with E-state index >= 15 is 0 Å². The number of benzene rings is 2. The average Bonchev–Trinajstić information content (AvgIpc) is 3.09. The number of aliphatic hydroxyl groups is 4. The van der Waals surface area contributed by atoms with E-state index in [0.717, 1.165) is 15.0 Å². The van der Waals surface area contributed by atoms with Gasteiger partial charge < -0.3 is 25.2 Å². The fraction of sp³-hybridized carbons (Fsp3) is 0.333. The molecule has 0 amide bonds. The highest BCUT2D eigenvalue weighted by Gasteiger charge is 2.64. The Bertz CT molecular complexity index is 927. The Morgan fingerprint density at radius 1 is 1.04 bits per heavy atom. The average molecular weight is 421 g/mol. The van der Waals surface area contributed by atoms with Crippen LogP contribution in [0.15, 0.2) is 60.7 Å². The Kier molecular flexibility index (Phi) is 5.22. The maximum absolute atomic E-state index is 11.5. The number of hydrogen-bond donors (Lipinski definition) is 4. The molecule has 148 valence electrons. The van der Waals surface area contributed by atoms with Gasteiger partial charge in [-0.25, -0.2) is 0 Å².